The number of amides is 1. The van der Waals surface area contributed by atoms with Crippen molar-refractivity contribution >= 4 is 5.91 Å². The third-order valence-electron chi connectivity index (χ3n) is 4.58. The molecular weight excluding hydrogens is 320 g/mol. The summed E-state index contributed by atoms with van der Waals surface area (Å²) in [5.74, 6) is 0.881. The maximum absolute atomic E-state index is 12.9. The fraction of sp³-hybridized carbons (Fsp3) is 0.412. The highest BCUT2D eigenvalue weighted by Gasteiger charge is 2.29. The highest BCUT2D eigenvalue weighted by Crippen LogP contribution is 2.25. The van der Waals surface area contributed by atoms with Gasteiger partial charge in [-0.2, -0.15) is 5.10 Å². The van der Waals surface area contributed by atoms with E-state index in [1.165, 1.54) is 0 Å². The van der Waals surface area contributed by atoms with Crippen molar-refractivity contribution in [2.75, 3.05) is 13.1 Å². The van der Waals surface area contributed by atoms with Gasteiger partial charge in [-0.1, -0.05) is 0 Å². The lowest BCUT2D eigenvalue weighted by molar-refractivity contribution is 0.0672. The summed E-state index contributed by atoms with van der Waals surface area (Å²) in [7, 11) is 1.83. The molecule has 25 heavy (non-hydrogen) atoms. The Balaban J connectivity index is 1.55. The van der Waals surface area contributed by atoms with E-state index in [4.69, 9.17) is 4.42 Å². The molecule has 0 radical (unpaired) electrons. The van der Waals surface area contributed by atoms with Gasteiger partial charge in [0.15, 0.2) is 5.69 Å². The first-order chi connectivity index (χ1) is 12.1. The predicted octanol–water partition coefficient (Wildman–Crippen LogP) is 2.06. The van der Waals surface area contributed by atoms with Crippen molar-refractivity contribution in [1.82, 2.24) is 29.2 Å². The van der Waals surface area contributed by atoms with Crippen LogP contribution in [0, 0.1) is 6.92 Å². The fourth-order valence-electron chi connectivity index (χ4n) is 3.27. The molecule has 0 N–H and O–H groups in total. The average Bonchev–Trinajstić information content (AvgIpc) is 3.35. The van der Waals surface area contributed by atoms with Crippen LogP contribution in [-0.2, 0) is 7.05 Å². The van der Waals surface area contributed by atoms with Crippen molar-refractivity contribution in [3.8, 4) is 11.5 Å². The summed E-state index contributed by atoms with van der Waals surface area (Å²) in [4.78, 5) is 23.3. The summed E-state index contributed by atoms with van der Waals surface area (Å²) < 4.78 is 9.44. The van der Waals surface area contributed by atoms with Crippen LogP contribution in [0.4, 0.5) is 0 Å². The Morgan fingerprint density at radius 2 is 2.28 bits per heavy atom. The number of oxazole rings is 1. The zero-order chi connectivity index (χ0) is 17.4. The largest absolute Gasteiger partial charge is 0.440 e. The number of aryl methyl sites for hydroxylation is 2. The van der Waals surface area contributed by atoms with Crippen LogP contribution in [0.3, 0.4) is 0 Å². The third kappa shape index (κ3) is 2.95. The van der Waals surface area contributed by atoms with Gasteiger partial charge in [0.1, 0.15) is 5.76 Å². The monoisotopic (exact) mass is 340 g/mol. The lowest BCUT2D eigenvalue weighted by atomic mass is 10.1. The Morgan fingerprint density at radius 3 is 3.00 bits per heavy atom. The minimum absolute atomic E-state index is 0.0822. The molecule has 1 atom stereocenters. The van der Waals surface area contributed by atoms with Gasteiger partial charge in [0.25, 0.3) is 5.91 Å². The van der Waals surface area contributed by atoms with E-state index >= 15 is 0 Å². The smallest absolute Gasteiger partial charge is 0.276 e. The molecule has 1 aliphatic rings. The number of carbonyl (C=O) groups excluding carboxylic acids is 1. The SMILES string of the molecule is Cc1oc(-c2cnn(C)c2)nc1C(=O)N1CCCC(n2ccnc2)C1. The lowest BCUT2D eigenvalue weighted by Gasteiger charge is -2.33. The Bertz CT molecular complexity index is 879. The van der Waals surface area contributed by atoms with Gasteiger partial charge in [-0.15, -0.1) is 0 Å². The first-order valence-electron chi connectivity index (χ1n) is 8.35. The highest BCUT2D eigenvalue weighted by atomic mass is 16.4. The quantitative estimate of drug-likeness (QED) is 0.729. The molecule has 0 aliphatic carbocycles. The molecule has 1 saturated heterocycles. The van der Waals surface area contributed by atoms with Gasteiger partial charge >= 0.3 is 0 Å². The van der Waals surface area contributed by atoms with E-state index in [9.17, 15) is 4.79 Å². The minimum Gasteiger partial charge on any atom is -0.440 e. The summed E-state index contributed by atoms with van der Waals surface area (Å²) >= 11 is 0. The van der Waals surface area contributed by atoms with Crippen LogP contribution in [-0.4, -0.2) is 48.2 Å². The topological polar surface area (TPSA) is 82.0 Å². The van der Waals surface area contributed by atoms with Crippen LogP contribution >= 0.6 is 0 Å². The average molecular weight is 340 g/mol. The van der Waals surface area contributed by atoms with Crippen LogP contribution < -0.4 is 0 Å². The number of hydrogen-bond acceptors (Lipinski definition) is 5. The normalized spacial score (nSPS) is 17.8. The molecule has 4 rings (SSSR count). The van der Waals surface area contributed by atoms with E-state index < -0.39 is 0 Å². The number of nitrogens with zero attached hydrogens (tertiary/aromatic N) is 6. The van der Waals surface area contributed by atoms with Crippen molar-refractivity contribution in [3.05, 3.63) is 42.6 Å². The van der Waals surface area contributed by atoms with E-state index in [1.54, 1.807) is 30.3 Å². The maximum Gasteiger partial charge on any atom is 0.276 e. The molecule has 3 aromatic rings. The van der Waals surface area contributed by atoms with Crippen LogP contribution in [0.2, 0.25) is 0 Å². The first-order valence-corrected chi connectivity index (χ1v) is 8.35. The molecule has 1 aliphatic heterocycles. The standard InChI is InChI=1S/C17H20N6O2/c1-12-15(20-16(25-12)13-8-19-21(2)9-13)17(24)22-6-3-4-14(10-22)23-7-5-18-11-23/h5,7-9,11,14H,3-4,6,10H2,1-2H3. The molecule has 130 valence electrons. The van der Waals surface area contributed by atoms with Gasteiger partial charge in [-0.05, 0) is 19.8 Å². The van der Waals surface area contributed by atoms with E-state index in [0.717, 1.165) is 24.9 Å². The van der Waals surface area contributed by atoms with Crippen molar-refractivity contribution in [2.45, 2.75) is 25.8 Å². The molecular formula is C17H20N6O2. The van der Waals surface area contributed by atoms with Gasteiger partial charge in [-0.25, -0.2) is 9.97 Å². The highest BCUT2D eigenvalue weighted by molar-refractivity contribution is 5.93. The van der Waals surface area contributed by atoms with E-state index in [-0.39, 0.29) is 11.9 Å². The minimum atomic E-state index is -0.0822. The summed E-state index contributed by atoms with van der Waals surface area (Å²) in [5.41, 5.74) is 1.14. The zero-order valence-electron chi connectivity index (χ0n) is 14.3. The molecule has 0 spiro atoms. The number of aromatic nitrogens is 5. The maximum atomic E-state index is 12.9. The van der Waals surface area contributed by atoms with Crippen LogP contribution in [0.5, 0.6) is 0 Å². The van der Waals surface area contributed by atoms with E-state index in [1.807, 2.05) is 24.3 Å². The second kappa shape index (κ2) is 6.19. The lowest BCUT2D eigenvalue weighted by Crippen LogP contribution is -2.40. The summed E-state index contributed by atoms with van der Waals surface area (Å²) in [6.07, 6.45) is 11.0. The number of likely N-dealkylation sites (tertiary alicyclic amines) is 1. The van der Waals surface area contributed by atoms with Gasteiger partial charge < -0.3 is 13.9 Å². The Morgan fingerprint density at radius 1 is 1.40 bits per heavy atom. The molecule has 4 heterocycles. The summed E-state index contributed by atoms with van der Waals surface area (Å²) in [5, 5.41) is 4.12. The number of hydrogen-bond donors (Lipinski definition) is 0. The third-order valence-corrected chi connectivity index (χ3v) is 4.58. The summed E-state index contributed by atoms with van der Waals surface area (Å²) in [6, 6.07) is 0.255. The van der Waals surface area contributed by atoms with Crippen LogP contribution in [0.15, 0.2) is 35.5 Å². The van der Waals surface area contributed by atoms with Gasteiger partial charge in [0, 0.05) is 38.7 Å². The number of imidazole rings is 1. The van der Waals surface area contributed by atoms with Crippen molar-refractivity contribution in [3.63, 3.8) is 0 Å². The molecule has 0 saturated carbocycles. The van der Waals surface area contributed by atoms with Crippen LogP contribution in [0.1, 0.15) is 35.1 Å². The molecule has 0 bridgehead atoms. The first kappa shape index (κ1) is 15.6. The fourth-order valence-corrected chi connectivity index (χ4v) is 3.27. The molecule has 0 aromatic carbocycles. The van der Waals surface area contributed by atoms with Crippen molar-refractivity contribution in [2.24, 2.45) is 7.05 Å². The second-order valence-electron chi connectivity index (χ2n) is 6.38. The van der Waals surface area contributed by atoms with E-state index in [0.29, 0.717) is 23.9 Å². The zero-order valence-corrected chi connectivity index (χ0v) is 14.3. The van der Waals surface area contributed by atoms with Crippen molar-refractivity contribution < 1.29 is 9.21 Å². The number of carbonyl (C=O) groups is 1. The van der Waals surface area contributed by atoms with Gasteiger partial charge in [0.2, 0.25) is 5.89 Å². The molecule has 1 amide bonds. The molecule has 1 unspecified atom stereocenters. The van der Waals surface area contributed by atoms with E-state index in [2.05, 4.69) is 19.6 Å². The molecule has 3 aromatic heterocycles. The molecule has 8 heteroatoms. The van der Waals surface area contributed by atoms with Crippen LogP contribution in [0.25, 0.3) is 11.5 Å². The molecule has 1 fully saturated rings. The van der Waals surface area contributed by atoms with Gasteiger partial charge in [-0.3, -0.25) is 9.48 Å². The Labute approximate surface area is 145 Å². The van der Waals surface area contributed by atoms with Gasteiger partial charge in [0.05, 0.1) is 24.1 Å². The number of rotatable bonds is 3. The number of piperidine rings is 1. The Kier molecular flexibility index (Phi) is 3.87. The predicted molar refractivity (Wildman–Crippen MR) is 89.8 cm³/mol. The van der Waals surface area contributed by atoms with Crippen molar-refractivity contribution in [1.29, 1.82) is 0 Å². The Hall–Kier alpha value is -2.90. The molecule has 8 nitrogen and oxygen atoms in total. The summed E-state index contributed by atoms with van der Waals surface area (Å²) in [6.45, 7) is 3.17. The second-order valence-corrected chi connectivity index (χ2v) is 6.38.